The van der Waals surface area contributed by atoms with Crippen LogP contribution in [-0.4, -0.2) is 49.8 Å². The molecule has 1 saturated heterocycles. The molecule has 4 rings (SSSR count). The lowest BCUT2D eigenvalue weighted by Crippen LogP contribution is -2.48. The standard InChI is InChI=1S/C25H35N5O2.HI/c1-5-26-25(28-16-20-14-23-19(12-18(3)32-23)13-22(20)31-4)29-21-8-10-30(11-9-21)24-7-6-17(2)15-27-24;/h6-7,13-15,18,21H,5,8-12,16H2,1-4H3,(H2,26,28,29);1H. The number of ether oxygens (including phenoxy) is 2. The van der Waals surface area contributed by atoms with Crippen LogP contribution in [0.3, 0.4) is 0 Å². The Morgan fingerprint density at radius 2 is 2.06 bits per heavy atom. The number of halogens is 1. The van der Waals surface area contributed by atoms with E-state index in [4.69, 9.17) is 14.5 Å². The monoisotopic (exact) mass is 565 g/mol. The van der Waals surface area contributed by atoms with E-state index in [1.165, 1.54) is 11.1 Å². The van der Waals surface area contributed by atoms with Gasteiger partial charge in [-0.1, -0.05) is 6.07 Å². The fraction of sp³-hybridized carbons (Fsp3) is 0.520. The Morgan fingerprint density at radius 1 is 1.27 bits per heavy atom. The topological polar surface area (TPSA) is 71.0 Å². The maximum Gasteiger partial charge on any atom is 0.191 e. The van der Waals surface area contributed by atoms with E-state index in [0.717, 1.165) is 67.7 Å². The Kier molecular flexibility index (Phi) is 9.05. The number of piperidine rings is 1. The van der Waals surface area contributed by atoms with Crippen LogP contribution in [0.1, 0.15) is 43.4 Å². The van der Waals surface area contributed by atoms with Crippen molar-refractivity contribution in [3.8, 4) is 11.5 Å². The number of guanidine groups is 1. The smallest absolute Gasteiger partial charge is 0.191 e. The van der Waals surface area contributed by atoms with Gasteiger partial charge >= 0.3 is 0 Å². The molecule has 0 spiro atoms. The number of rotatable bonds is 6. The average molecular weight is 566 g/mol. The highest BCUT2D eigenvalue weighted by Gasteiger charge is 2.23. The van der Waals surface area contributed by atoms with E-state index in [0.29, 0.717) is 12.6 Å². The molecule has 1 aromatic carbocycles. The van der Waals surface area contributed by atoms with Crippen LogP contribution in [0.5, 0.6) is 11.5 Å². The molecule has 0 aliphatic carbocycles. The molecule has 0 amide bonds. The van der Waals surface area contributed by atoms with Gasteiger partial charge in [-0.05, 0) is 57.4 Å². The number of hydrogen-bond donors (Lipinski definition) is 2. The zero-order chi connectivity index (χ0) is 22.5. The Labute approximate surface area is 214 Å². The Hall–Kier alpha value is -2.23. The van der Waals surface area contributed by atoms with Crippen molar-refractivity contribution in [2.24, 2.45) is 4.99 Å². The molecule has 2 aromatic rings. The molecule has 0 saturated carbocycles. The molecule has 2 aliphatic heterocycles. The van der Waals surface area contributed by atoms with Crippen molar-refractivity contribution in [3.05, 3.63) is 47.2 Å². The SMILES string of the molecule is CCNC(=NCc1cc2c(cc1OC)CC(C)O2)NC1CCN(c2ccc(C)cn2)CC1.I. The van der Waals surface area contributed by atoms with Gasteiger partial charge in [0.05, 0.1) is 13.7 Å². The number of pyridine rings is 1. The summed E-state index contributed by atoms with van der Waals surface area (Å²) in [6.07, 6.45) is 5.18. The van der Waals surface area contributed by atoms with E-state index in [1.807, 2.05) is 6.20 Å². The number of nitrogens with zero attached hydrogens (tertiary/aromatic N) is 3. The number of hydrogen-bond acceptors (Lipinski definition) is 5. The van der Waals surface area contributed by atoms with E-state index in [-0.39, 0.29) is 30.1 Å². The normalized spacial score (nSPS) is 18.2. The maximum atomic E-state index is 5.93. The van der Waals surface area contributed by atoms with Gasteiger partial charge in [-0.15, -0.1) is 24.0 Å². The van der Waals surface area contributed by atoms with E-state index in [1.54, 1.807) is 7.11 Å². The third kappa shape index (κ3) is 6.43. The first kappa shape index (κ1) is 25.4. The van der Waals surface area contributed by atoms with Crippen molar-refractivity contribution in [3.63, 3.8) is 0 Å². The van der Waals surface area contributed by atoms with Gasteiger partial charge in [-0.3, -0.25) is 0 Å². The molecule has 33 heavy (non-hydrogen) atoms. The zero-order valence-electron chi connectivity index (χ0n) is 20.1. The molecule has 1 unspecified atom stereocenters. The van der Waals surface area contributed by atoms with Gasteiger partial charge in [-0.25, -0.2) is 9.98 Å². The average Bonchev–Trinajstić information content (AvgIpc) is 3.16. The van der Waals surface area contributed by atoms with Gasteiger partial charge in [0, 0.05) is 49.4 Å². The predicted molar refractivity (Wildman–Crippen MR) is 144 cm³/mol. The molecule has 1 fully saturated rings. The summed E-state index contributed by atoms with van der Waals surface area (Å²) >= 11 is 0. The zero-order valence-corrected chi connectivity index (χ0v) is 22.4. The van der Waals surface area contributed by atoms with Crippen molar-refractivity contribution < 1.29 is 9.47 Å². The van der Waals surface area contributed by atoms with Crippen molar-refractivity contribution in [2.45, 2.75) is 58.7 Å². The summed E-state index contributed by atoms with van der Waals surface area (Å²) in [6.45, 7) is 9.59. The second-order valence-electron chi connectivity index (χ2n) is 8.70. The summed E-state index contributed by atoms with van der Waals surface area (Å²) in [6, 6.07) is 8.81. The summed E-state index contributed by atoms with van der Waals surface area (Å²) < 4.78 is 11.6. The van der Waals surface area contributed by atoms with Crippen molar-refractivity contribution >= 4 is 35.8 Å². The number of anilines is 1. The van der Waals surface area contributed by atoms with Gasteiger partial charge in [0.15, 0.2) is 5.96 Å². The molecule has 0 radical (unpaired) electrons. The second-order valence-corrected chi connectivity index (χ2v) is 8.70. The molecule has 1 aromatic heterocycles. The minimum Gasteiger partial charge on any atom is -0.496 e. The Balaban J connectivity index is 0.00000306. The van der Waals surface area contributed by atoms with Gasteiger partial charge in [-0.2, -0.15) is 0 Å². The van der Waals surface area contributed by atoms with Gasteiger partial charge in [0.2, 0.25) is 0 Å². The van der Waals surface area contributed by atoms with Crippen molar-refractivity contribution in [1.82, 2.24) is 15.6 Å². The molecule has 180 valence electrons. The van der Waals surface area contributed by atoms with Crippen LogP contribution in [-0.2, 0) is 13.0 Å². The maximum absolute atomic E-state index is 5.93. The summed E-state index contributed by atoms with van der Waals surface area (Å²) in [4.78, 5) is 11.8. The summed E-state index contributed by atoms with van der Waals surface area (Å²) in [5.74, 6) is 3.74. The summed E-state index contributed by atoms with van der Waals surface area (Å²) in [5, 5.41) is 7.01. The van der Waals surface area contributed by atoms with Crippen LogP contribution in [0.4, 0.5) is 5.82 Å². The lowest BCUT2D eigenvalue weighted by molar-refractivity contribution is 0.254. The van der Waals surface area contributed by atoms with Gasteiger partial charge in [0.25, 0.3) is 0 Å². The fourth-order valence-electron chi connectivity index (χ4n) is 4.37. The van der Waals surface area contributed by atoms with E-state index >= 15 is 0 Å². The van der Waals surface area contributed by atoms with Crippen LogP contribution < -0.4 is 25.0 Å². The number of fused-ring (bicyclic) bond motifs is 1. The molecular formula is C25H36IN5O2. The van der Waals surface area contributed by atoms with Crippen molar-refractivity contribution in [1.29, 1.82) is 0 Å². The molecule has 3 heterocycles. The minimum atomic E-state index is 0. The van der Waals surface area contributed by atoms with Gasteiger partial charge in [0.1, 0.15) is 23.4 Å². The third-order valence-corrected chi connectivity index (χ3v) is 6.11. The molecule has 0 bridgehead atoms. The number of aromatic nitrogens is 1. The quantitative estimate of drug-likeness (QED) is 0.313. The summed E-state index contributed by atoms with van der Waals surface area (Å²) in [7, 11) is 1.72. The van der Waals surface area contributed by atoms with E-state index in [2.05, 4.69) is 65.6 Å². The highest BCUT2D eigenvalue weighted by molar-refractivity contribution is 14.0. The first-order valence-electron chi connectivity index (χ1n) is 11.6. The number of benzene rings is 1. The highest BCUT2D eigenvalue weighted by Crippen LogP contribution is 2.35. The second kappa shape index (κ2) is 11.8. The van der Waals surface area contributed by atoms with Crippen molar-refractivity contribution in [2.75, 3.05) is 31.6 Å². The Bertz CT molecular complexity index is 943. The molecule has 2 N–H and O–H groups in total. The number of aliphatic imine (C=N–C) groups is 1. The molecule has 1 atom stereocenters. The number of nitrogens with one attached hydrogen (secondary N) is 2. The van der Waals surface area contributed by atoms with Crippen LogP contribution in [0.25, 0.3) is 0 Å². The highest BCUT2D eigenvalue weighted by atomic mass is 127. The first-order chi connectivity index (χ1) is 15.6. The number of aryl methyl sites for hydroxylation is 1. The van der Waals surface area contributed by atoms with Crippen LogP contribution in [0, 0.1) is 6.92 Å². The van der Waals surface area contributed by atoms with Crippen LogP contribution >= 0.6 is 24.0 Å². The third-order valence-electron chi connectivity index (χ3n) is 6.11. The van der Waals surface area contributed by atoms with E-state index < -0.39 is 0 Å². The summed E-state index contributed by atoms with van der Waals surface area (Å²) in [5.41, 5.74) is 3.44. The van der Waals surface area contributed by atoms with E-state index in [9.17, 15) is 0 Å². The van der Waals surface area contributed by atoms with Crippen LogP contribution in [0.15, 0.2) is 35.5 Å². The fourth-order valence-corrected chi connectivity index (χ4v) is 4.37. The lowest BCUT2D eigenvalue weighted by atomic mass is 10.1. The molecule has 2 aliphatic rings. The van der Waals surface area contributed by atoms with Gasteiger partial charge < -0.3 is 25.0 Å². The molecule has 7 nitrogen and oxygen atoms in total. The lowest BCUT2D eigenvalue weighted by Gasteiger charge is -2.33. The largest absolute Gasteiger partial charge is 0.496 e. The first-order valence-corrected chi connectivity index (χ1v) is 11.6. The minimum absolute atomic E-state index is 0. The predicted octanol–water partition coefficient (Wildman–Crippen LogP) is 4.06. The number of methoxy groups -OCH3 is 1. The molecule has 8 heteroatoms. The molecular weight excluding hydrogens is 529 g/mol. The van der Waals surface area contributed by atoms with Crippen LogP contribution in [0.2, 0.25) is 0 Å². The Morgan fingerprint density at radius 3 is 2.73 bits per heavy atom.